The molecule has 3 heterocycles. The van der Waals surface area contributed by atoms with E-state index in [0.717, 1.165) is 18.7 Å². The molecule has 0 unspecified atom stereocenters. The molecule has 1 amide bonds. The van der Waals surface area contributed by atoms with Gasteiger partial charge in [-0.2, -0.15) is 9.40 Å². The van der Waals surface area contributed by atoms with Crippen LogP contribution in [-0.2, 0) is 16.6 Å². The van der Waals surface area contributed by atoms with Gasteiger partial charge >= 0.3 is 0 Å². The molecule has 122 valence electrons. The van der Waals surface area contributed by atoms with Crippen LogP contribution in [0.3, 0.4) is 0 Å². The maximum atomic E-state index is 12.7. The highest BCUT2D eigenvalue weighted by Gasteiger charge is 2.47. The molecule has 8 heteroatoms. The Morgan fingerprint density at radius 2 is 2.14 bits per heavy atom. The van der Waals surface area contributed by atoms with Crippen molar-refractivity contribution in [2.45, 2.75) is 32.9 Å². The monoisotopic (exact) mass is 326 g/mol. The normalized spacial score (nSPS) is 25.7. The Bertz CT molecular complexity index is 697. The van der Waals surface area contributed by atoms with Crippen LogP contribution < -0.4 is 0 Å². The van der Waals surface area contributed by atoms with Gasteiger partial charge in [-0.05, 0) is 26.2 Å². The third-order valence-corrected chi connectivity index (χ3v) is 6.12. The van der Waals surface area contributed by atoms with Gasteiger partial charge in [0.25, 0.3) is 5.91 Å². The fourth-order valence-electron chi connectivity index (χ4n) is 3.46. The summed E-state index contributed by atoms with van der Waals surface area (Å²) in [6.07, 6.45) is 3.71. The van der Waals surface area contributed by atoms with Gasteiger partial charge in [-0.25, -0.2) is 8.42 Å². The summed E-state index contributed by atoms with van der Waals surface area (Å²) in [6, 6.07) is -0.0609. The summed E-state index contributed by atoms with van der Waals surface area (Å²) in [6.45, 7) is 6.37. The summed E-state index contributed by atoms with van der Waals surface area (Å²) < 4.78 is 26.8. The van der Waals surface area contributed by atoms with Crippen LogP contribution in [-0.4, -0.2) is 65.2 Å². The lowest BCUT2D eigenvalue weighted by Gasteiger charge is -2.51. The van der Waals surface area contributed by atoms with Crippen LogP contribution in [0.1, 0.15) is 29.4 Å². The molecule has 7 nitrogen and oxygen atoms in total. The summed E-state index contributed by atoms with van der Waals surface area (Å²) in [5, 5.41) is 4.22. The number of aryl methyl sites for hydroxylation is 1. The Hall–Kier alpha value is -1.41. The zero-order valence-corrected chi connectivity index (χ0v) is 14.0. The molecule has 22 heavy (non-hydrogen) atoms. The second kappa shape index (κ2) is 5.34. The zero-order chi connectivity index (χ0) is 16.1. The Labute approximate surface area is 130 Å². The zero-order valence-electron chi connectivity index (χ0n) is 13.2. The fourth-order valence-corrected chi connectivity index (χ4v) is 4.65. The lowest BCUT2D eigenvalue weighted by molar-refractivity contribution is 0.0140. The minimum Gasteiger partial charge on any atom is -0.337 e. The van der Waals surface area contributed by atoms with E-state index in [4.69, 9.17) is 0 Å². The molecule has 0 N–H and O–H groups in total. The maximum Gasteiger partial charge on any atom is 0.257 e. The van der Waals surface area contributed by atoms with Gasteiger partial charge in [0.15, 0.2) is 0 Å². The van der Waals surface area contributed by atoms with E-state index < -0.39 is 10.0 Å². The first-order valence-electron chi connectivity index (χ1n) is 7.61. The smallest absolute Gasteiger partial charge is 0.257 e. The molecular formula is C14H22N4O3S. The van der Waals surface area contributed by atoms with Crippen molar-refractivity contribution in [3.8, 4) is 0 Å². The highest BCUT2D eigenvalue weighted by molar-refractivity contribution is 7.88. The number of rotatable bonds is 3. The van der Waals surface area contributed by atoms with Crippen LogP contribution >= 0.6 is 0 Å². The van der Waals surface area contributed by atoms with Crippen molar-refractivity contribution in [2.24, 2.45) is 5.92 Å². The molecule has 0 bridgehead atoms. The van der Waals surface area contributed by atoms with Crippen LogP contribution in [0.2, 0.25) is 0 Å². The first-order chi connectivity index (χ1) is 10.3. The SMILES string of the molecule is CCn1ncc(C(=O)N2CC[C@@H]3CN(S(C)(=O)=O)[C@@H]3C2)c1C. The van der Waals surface area contributed by atoms with E-state index in [1.165, 1.54) is 10.6 Å². The van der Waals surface area contributed by atoms with E-state index in [9.17, 15) is 13.2 Å². The molecule has 2 aliphatic rings. The fraction of sp³-hybridized carbons (Fsp3) is 0.714. The summed E-state index contributed by atoms with van der Waals surface area (Å²) in [5.74, 6) is 0.342. The van der Waals surface area contributed by atoms with Crippen LogP contribution in [0, 0.1) is 12.8 Å². The average molecular weight is 326 g/mol. The van der Waals surface area contributed by atoms with E-state index in [0.29, 0.717) is 31.1 Å². The standard InChI is InChI=1S/C14H22N4O3S/c1-4-17-10(2)12(7-15-17)14(19)16-6-5-11-8-18(13(11)9-16)22(3,20)21/h7,11,13H,4-6,8-9H2,1-3H3/t11-,13-/m1/s1. The quantitative estimate of drug-likeness (QED) is 0.801. The molecule has 2 atom stereocenters. The Balaban J connectivity index is 1.76. The van der Waals surface area contributed by atoms with Crippen molar-refractivity contribution < 1.29 is 13.2 Å². The molecule has 3 rings (SSSR count). The lowest BCUT2D eigenvalue weighted by atomic mass is 9.84. The highest BCUT2D eigenvalue weighted by Crippen LogP contribution is 2.34. The van der Waals surface area contributed by atoms with Crippen LogP contribution in [0.15, 0.2) is 6.20 Å². The predicted molar refractivity (Wildman–Crippen MR) is 82.0 cm³/mol. The number of sulfonamides is 1. The second-order valence-electron chi connectivity index (χ2n) is 6.16. The molecule has 0 aliphatic carbocycles. The Morgan fingerprint density at radius 1 is 1.41 bits per heavy atom. The van der Waals surface area contributed by atoms with Gasteiger partial charge in [0.05, 0.1) is 18.0 Å². The minimum absolute atomic E-state index is 0.0454. The number of piperidine rings is 1. The topological polar surface area (TPSA) is 75.5 Å². The van der Waals surface area contributed by atoms with Crippen molar-refractivity contribution >= 4 is 15.9 Å². The van der Waals surface area contributed by atoms with Crippen molar-refractivity contribution in [1.29, 1.82) is 0 Å². The van der Waals surface area contributed by atoms with Gasteiger partial charge < -0.3 is 4.90 Å². The molecule has 1 aromatic rings. The van der Waals surface area contributed by atoms with E-state index in [1.807, 2.05) is 13.8 Å². The number of nitrogens with zero attached hydrogens (tertiary/aromatic N) is 4. The lowest BCUT2D eigenvalue weighted by Crippen LogP contribution is -2.65. The first-order valence-corrected chi connectivity index (χ1v) is 9.46. The predicted octanol–water partition coefficient (Wildman–Crippen LogP) is 0.317. The van der Waals surface area contributed by atoms with Crippen LogP contribution in [0.4, 0.5) is 0 Å². The van der Waals surface area contributed by atoms with Crippen LogP contribution in [0.25, 0.3) is 0 Å². The summed E-state index contributed by atoms with van der Waals surface area (Å²) in [7, 11) is -3.18. The van der Waals surface area contributed by atoms with Gasteiger partial charge in [-0.1, -0.05) is 0 Å². The summed E-state index contributed by atoms with van der Waals surface area (Å²) >= 11 is 0. The molecular weight excluding hydrogens is 304 g/mol. The molecule has 2 aliphatic heterocycles. The van der Waals surface area contributed by atoms with E-state index in [2.05, 4.69) is 5.10 Å². The van der Waals surface area contributed by atoms with Crippen molar-refractivity contribution in [3.63, 3.8) is 0 Å². The minimum atomic E-state index is -3.18. The molecule has 2 saturated heterocycles. The molecule has 0 radical (unpaired) electrons. The number of aromatic nitrogens is 2. The Morgan fingerprint density at radius 3 is 2.73 bits per heavy atom. The molecule has 0 aromatic carbocycles. The number of carbonyl (C=O) groups excluding carboxylic acids is 1. The van der Waals surface area contributed by atoms with Gasteiger partial charge in [-0.3, -0.25) is 9.48 Å². The maximum absolute atomic E-state index is 12.7. The number of hydrogen-bond donors (Lipinski definition) is 0. The van der Waals surface area contributed by atoms with E-state index in [1.54, 1.807) is 15.8 Å². The number of likely N-dealkylation sites (tertiary alicyclic amines) is 1. The van der Waals surface area contributed by atoms with Gasteiger partial charge in [-0.15, -0.1) is 0 Å². The van der Waals surface area contributed by atoms with Gasteiger partial charge in [0.2, 0.25) is 10.0 Å². The second-order valence-corrected chi connectivity index (χ2v) is 8.09. The van der Waals surface area contributed by atoms with Crippen molar-refractivity contribution in [2.75, 3.05) is 25.9 Å². The van der Waals surface area contributed by atoms with Gasteiger partial charge in [0.1, 0.15) is 0 Å². The molecule has 0 spiro atoms. The number of hydrogen-bond acceptors (Lipinski definition) is 4. The van der Waals surface area contributed by atoms with E-state index in [-0.39, 0.29) is 11.9 Å². The Kier molecular flexibility index (Phi) is 3.76. The molecule has 2 fully saturated rings. The summed E-state index contributed by atoms with van der Waals surface area (Å²) in [5.41, 5.74) is 1.48. The van der Waals surface area contributed by atoms with Crippen LogP contribution in [0.5, 0.6) is 0 Å². The van der Waals surface area contributed by atoms with Crippen molar-refractivity contribution in [1.82, 2.24) is 19.0 Å². The number of fused-ring (bicyclic) bond motifs is 1. The first kappa shape index (κ1) is 15.5. The van der Waals surface area contributed by atoms with Crippen molar-refractivity contribution in [3.05, 3.63) is 17.5 Å². The molecule has 1 aromatic heterocycles. The average Bonchev–Trinajstić information content (AvgIpc) is 2.79. The number of carbonyl (C=O) groups is 1. The summed E-state index contributed by atoms with van der Waals surface area (Å²) in [4.78, 5) is 14.5. The highest BCUT2D eigenvalue weighted by atomic mass is 32.2. The largest absolute Gasteiger partial charge is 0.337 e. The molecule has 0 saturated carbocycles. The third-order valence-electron chi connectivity index (χ3n) is 4.85. The third kappa shape index (κ3) is 2.44. The number of amides is 1. The van der Waals surface area contributed by atoms with E-state index >= 15 is 0 Å². The van der Waals surface area contributed by atoms with Gasteiger partial charge in [0, 0.05) is 37.9 Å².